The lowest BCUT2D eigenvalue weighted by molar-refractivity contribution is 0.257. The molecule has 0 amide bonds. The van der Waals surface area contributed by atoms with Gasteiger partial charge in [0, 0.05) is 18.3 Å². The van der Waals surface area contributed by atoms with Crippen LogP contribution in [0, 0.1) is 0 Å². The molecule has 0 saturated carbocycles. The van der Waals surface area contributed by atoms with Crippen molar-refractivity contribution in [1.82, 2.24) is 15.0 Å². The first-order chi connectivity index (χ1) is 8.35. The van der Waals surface area contributed by atoms with Crippen LogP contribution in [0.5, 0.6) is 0 Å². The van der Waals surface area contributed by atoms with Crippen molar-refractivity contribution < 1.29 is 5.11 Å². The number of aliphatic hydroxyl groups excluding tert-OH is 1. The largest absolute Gasteiger partial charge is 0.396 e. The number of aromatic nitrogens is 3. The summed E-state index contributed by atoms with van der Waals surface area (Å²) >= 11 is 0. The zero-order chi connectivity index (χ0) is 12.1. The SMILES string of the molecule is CCC(CO)c1nccc(-c2ccccn2)n1. The molecule has 2 aromatic heterocycles. The molecule has 0 aromatic carbocycles. The molecular weight excluding hydrogens is 214 g/mol. The van der Waals surface area contributed by atoms with Crippen molar-refractivity contribution in [3.63, 3.8) is 0 Å². The van der Waals surface area contributed by atoms with Crippen LogP contribution >= 0.6 is 0 Å². The van der Waals surface area contributed by atoms with Crippen molar-refractivity contribution in [2.24, 2.45) is 0 Å². The fourth-order valence-corrected chi connectivity index (χ4v) is 1.62. The average molecular weight is 229 g/mol. The quantitative estimate of drug-likeness (QED) is 0.871. The van der Waals surface area contributed by atoms with Crippen molar-refractivity contribution >= 4 is 0 Å². The third-order valence-corrected chi connectivity index (χ3v) is 2.68. The third-order valence-electron chi connectivity index (χ3n) is 2.68. The summed E-state index contributed by atoms with van der Waals surface area (Å²) in [5.74, 6) is 0.678. The monoisotopic (exact) mass is 229 g/mol. The Morgan fingerprint density at radius 3 is 2.65 bits per heavy atom. The number of aliphatic hydroxyl groups is 1. The van der Waals surface area contributed by atoms with Gasteiger partial charge in [0.2, 0.25) is 0 Å². The molecule has 88 valence electrons. The molecule has 0 spiro atoms. The van der Waals surface area contributed by atoms with Crippen molar-refractivity contribution in [1.29, 1.82) is 0 Å². The number of pyridine rings is 1. The maximum atomic E-state index is 9.25. The molecule has 4 heteroatoms. The van der Waals surface area contributed by atoms with E-state index in [4.69, 9.17) is 0 Å². The Morgan fingerprint density at radius 2 is 2.00 bits per heavy atom. The Morgan fingerprint density at radius 1 is 1.12 bits per heavy atom. The summed E-state index contributed by atoms with van der Waals surface area (Å²) in [7, 11) is 0. The topological polar surface area (TPSA) is 58.9 Å². The molecule has 0 saturated heterocycles. The van der Waals surface area contributed by atoms with Crippen LogP contribution in [0.3, 0.4) is 0 Å². The lowest BCUT2D eigenvalue weighted by Gasteiger charge is -2.10. The molecule has 1 atom stereocenters. The number of rotatable bonds is 4. The van der Waals surface area contributed by atoms with Gasteiger partial charge in [-0.2, -0.15) is 0 Å². The fraction of sp³-hybridized carbons (Fsp3) is 0.308. The third kappa shape index (κ3) is 2.65. The molecule has 2 heterocycles. The highest BCUT2D eigenvalue weighted by atomic mass is 16.3. The van der Waals surface area contributed by atoms with E-state index in [9.17, 15) is 5.11 Å². The van der Waals surface area contributed by atoms with E-state index in [0.717, 1.165) is 17.8 Å². The molecule has 1 unspecified atom stereocenters. The summed E-state index contributed by atoms with van der Waals surface area (Å²) < 4.78 is 0. The van der Waals surface area contributed by atoms with Gasteiger partial charge in [-0.15, -0.1) is 0 Å². The van der Waals surface area contributed by atoms with E-state index in [-0.39, 0.29) is 12.5 Å². The minimum Gasteiger partial charge on any atom is -0.396 e. The molecule has 2 rings (SSSR count). The predicted molar refractivity (Wildman–Crippen MR) is 65.4 cm³/mol. The van der Waals surface area contributed by atoms with Crippen LogP contribution in [0.25, 0.3) is 11.4 Å². The van der Waals surface area contributed by atoms with Crippen LogP contribution in [-0.4, -0.2) is 26.7 Å². The first kappa shape index (κ1) is 11.7. The predicted octanol–water partition coefficient (Wildman–Crippen LogP) is 2.02. The zero-order valence-electron chi connectivity index (χ0n) is 9.74. The maximum Gasteiger partial charge on any atom is 0.134 e. The van der Waals surface area contributed by atoms with Gasteiger partial charge in [0.15, 0.2) is 0 Å². The van der Waals surface area contributed by atoms with Gasteiger partial charge in [0.05, 0.1) is 18.0 Å². The van der Waals surface area contributed by atoms with E-state index < -0.39 is 0 Å². The van der Waals surface area contributed by atoms with Gasteiger partial charge in [0.25, 0.3) is 0 Å². The first-order valence-electron chi connectivity index (χ1n) is 5.70. The van der Waals surface area contributed by atoms with Gasteiger partial charge < -0.3 is 5.11 Å². The summed E-state index contributed by atoms with van der Waals surface area (Å²) in [6, 6.07) is 7.53. The van der Waals surface area contributed by atoms with Crippen molar-refractivity contribution in [3.8, 4) is 11.4 Å². The standard InChI is InChI=1S/C13H15N3O/c1-2-10(9-17)13-15-8-6-12(16-13)11-5-3-4-7-14-11/h3-8,10,17H,2,9H2,1H3. The maximum absolute atomic E-state index is 9.25. The fourth-order valence-electron chi connectivity index (χ4n) is 1.62. The van der Waals surface area contributed by atoms with E-state index in [0.29, 0.717) is 5.82 Å². The normalized spacial score (nSPS) is 12.4. The summed E-state index contributed by atoms with van der Waals surface area (Å²) in [4.78, 5) is 12.9. The molecule has 2 aromatic rings. The Labute approximate surface area is 100 Å². The van der Waals surface area contributed by atoms with Crippen LogP contribution in [-0.2, 0) is 0 Å². The Bertz CT molecular complexity index is 469. The Kier molecular flexibility index (Phi) is 3.77. The van der Waals surface area contributed by atoms with Crippen LogP contribution in [0.15, 0.2) is 36.7 Å². The molecule has 4 nitrogen and oxygen atoms in total. The molecule has 0 aliphatic rings. The molecule has 0 fully saturated rings. The molecule has 17 heavy (non-hydrogen) atoms. The number of hydrogen-bond acceptors (Lipinski definition) is 4. The summed E-state index contributed by atoms with van der Waals surface area (Å²) in [6.45, 7) is 2.08. The zero-order valence-corrected chi connectivity index (χ0v) is 9.74. The van der Waals surface area contributed by atoms with Crippen LogP contribution in [0.4, 0.5) is 0 Å². The molecule has 0 aliphatic carbocycles. The highest BCUT2D eigenvalue weighted by Gasteiger charge is 2.12. The summed E-state index contributed by atoms with van der Waals surface area (Å²) in [5.41, 5.74) is 1.62. The minimum atomic E-state index is -0.00124. The number of hydrogen-bond donors (Lipinski definition) is 1. The summed E-state index contributed by atoms with van der Waals surface area (Å²) in [5, 5.41) is 9.25. The molecule has 0 radical (unpaired) electrons. The second-order valence-corrected chi connectivity index (χ2v) is 3.80. The van der Waals surface area contributed by atoms with Gasteiger partial charge in [-0.25, -0.2) is 9.97 Å². The number of nitrogens with zero attached hydrogens (tertiary/aromatic N) is 3. The van der Waals surface area contributed by atoms with Gasteiger partial charge in [-0.1, -0.05) is 13.0 Å². The van der Waals surface area contributed by atoms with Gasteiger partial charge in [-0.05, 0) is 24.6 Å². The second-order valence-electron chi connectivity index (χ2n) is 3.80. The minimum absolute atomic E-state index is 0.00124. The second kappa shape index (κ2) is 5.50. The van der Waals surface area contributed by atoms with E-state index >= 15 is 0 Å². The van der Waals surface area contributed by atoms with Crippen molar-refractivity contribution in [2.45, 2.75) is 19.3 Å². The van der Waals surface area contributed by atoms with Gasteiger partial charge in [0.1, 0.15) is 5.82 Å². The van der Waals surface area contributed by atoms with E-state index in [1.54, 1.807) is 12.4 Å². The van der Waals surface area contributed by atoms with E-state index in [2.05, 4.69) is 15.0 Å². The Hall–Kier alpha value is -1.81. The van der Waals surface area contributed by atoms with E-state index in [1.807, 2.05) is 31.2 Å². The lowest BCUT2D eigenvalue weighted by atomic mass is 10.1. The van der Waals surface area contributed by atoms with Crippen LogP contribution in [0.1, 0.15) is 25.1 Å². The molecule has 0 aliphatic heterocycles. The average Bonchev–Trinajstić information content (AvgIpc) is 2.42. The molecule has 0 bridgehead atoms. The smallest absolute Gasteiger partial charge is 0.134 e. The van der Waals surface area contributed by atoms with Crippen LogP contribution < -0.4 is 0 Å². The van der Waals surface area contributed by atoms with Gasteiger partial charge >= 0.3 is 0 Å². The Balaban J connectivity index is 2.35. The molecule has 1 N–H and O–H groups in total. The van der Waals surface area contributed by atoms with Gasteiger partial charge in [-0.3, -0.25) is 4.98 Å². The lowest BCUT2D eigenvalue weighted by Crippen LogP contribution is -2.08. The van der Waals surface area contributed by atoms with E-state index in [1.165, 1.54) is 0 Å². The van der Waals surface area contributed by atoms with Crippen LogP contribution in [0.2, 0.25) is 0 Å². The highest BCUT2D eigenvalue weighted by molar-refractivity contribution is 5.52. The molecular formula is C13H15N3O. The van der Waals surface area contributed by atoms with Crippen molar-refractivity contribution in [3.05, 3.63) is 42.5 Å². The van der Waals surface area contributed by atoms with Crippen molar-refractivity contribution in [2.75, 3.05) is 6.61 Å². The summed E-state index contributed by atoms with van der Waals surface area (Å²) in [6.07, 6.45) is 4.27. The highest BCUT2D eigenvalue weighted by Crippen LogP contribution is 2.18. The first-order valence-corrected chi connectivity index (χ1v) is 5.70.